The number of methoxy groups -OCH3 is 1. The average Bonchev–Trinajstić information content (AvgIpc) is 3.07. The van der Waals surface area contributed by atoms with Crippen molar-refractivity contribution in [3.63, 3.8) is 0 Å². The summed E-state index contributed by atoms with van der Waals surface area (Å²) >= 11 is 3.58. The molecular weight excluding hydrogens is 406 g/mol. The predicted molar refractivity (Wildman–Crippen MR) is 108 cm³/mol. The van der Waals surface area contributed by atoms with Crippen LogP contribution in [0.2, 0.25) is 0 Å². The van der Waals surface area contributed by atoms with Gasteiger partial charge in [-0.25, -0.2) is 0 Å². The molecule has 2 aromatic heterocycles. The number of aromatic nitrogens is 4. The molecule has 4 rings (SSSR count). The van der Waals surface area contributed by atoms with Crippen molar-refractivity contribution in [2.24, 2.45) is 0 Å². The van der Waals surface area contributed by atoms with Gasteiger partial charge in [0.15, 0.2) is 11.5 Å². The van der Waals surface area contributed by atoms with Crippen LogP contribution in [-0.4, -0.2) is 26.9 Å². The molecule has 1 N–H and O–H groups in total. The molecule has 2 aromatic carbocycles. The Labute approximate surface area is 165 Å². The Bertz CT molecular complexity index is 1080. The van der Waals surface area contributed by atoms with Crippen molar-refractivity contribution in [1.82, 2.24) is 19.8 Å². The molecule has 0 bridgehead atoms. The lowest BCUT2D eigenvalue weighted by Gasteiger charge is -2.21. The molecule has 136 valence electrons. The van der Waals surface area contributed by atoms with E-state index in [1.165, 1.54) is 0 Å². The van der Waals surface area contributed by atoms with Gasteiger partial charge in [-0.15, -0.1) is 15.3 Å². The lowest BCUT2D eigenvalue weighted by molar-refractivity contribution is 0.412. The van der Waals surface area contributed by atoms with Gasteiger partial charge >= 0.3 is 0 Å². The Kier molecular flexibility index (Phi) is 4.77. The van der Waals surface area contributed by atoms with Gasteiger partial charge in [0.25, 0.3) is 0 Å². The lowest BCUT2D eigenvalue weighted by Crippen LogP contribution is -2.14. The molecule has 4 aromatic rings. The Morgan fingerprint density at radius 2 is 1.81 bits per heavy atom. The number of benzene rings is 2. The summed E-state index contributed by atoms with van der Waals surface area (Å²) < 4.78 is 8.00. The van der Waals surface area contributed by atoms with E-state index in [9.17, 15) is 0 Å². The lowest BCUT2D eigenvalue weighted by atomic mass is 9.98. The molecule has 6 nitrogen and oxygen atoms in total. The van der Waals surface area contributed by atoms with Gasteiger partial charge in [-0.05, 0) is 58.2 Å². The van der Waals surface area contributed by atoms with E-state index in [1.54, 1.807) is 11.6 Å². The van der Waals surface area contributed by atoms with Gasteiger partial charge in [0.2, 0.25) is 0 Å². The molecular formula is C20H18BrN5O. The summed E-state index contributed by atoms with van der Waals surface area (Å²) in [7, 11) is 1.66. The highest BCUT2D eigenvalue weighted by Gasteiger charge is 2.17. The summed E-state index contributed by atoms with van der Waals surface area (Å²) in [6.07, 6.45) is 0. The topological polar surface area (TPSA) is 64.3 Å². The summed E-state index contributed by atoms with van der Waals surface area (Å²) in [5.41, 5.74) is 2.95. The van der Waals surface area contributed by atoms with E-state index >= 15 is 0 Å². The van der Waals surface area contributed by atoms with Crippen molar-refractivity contribution in [2.45, 2.75) is 13.0 Å². The van der Waals surface area contributed by atoms with Gasteiger partial charge in [-0.1, -0.05) is 36.4 Å². The third-order valence-electron chi connectivity index (χ3n) is 4.35. The number of rotatable bonds is 5. The maximum atomic E-state index is 5.36. The van der Waals surface area contributed by atoms with Crippen LogP contribution in [0.15, 0.2) is 65.1 Å². The third kappa shape index (κ3) is 3.50. The fourth-order valence-corrected chi connectivity index (χ4v) is 3.55. The van der Waals surface area contributed by atoms with Crippen LogP contribution in [0, 0.1) is 6.92 Å². The van der Waals surface area contributed by atoms with Crippen LogP contribution >= 0.6 is 15.9 Å². The number of hydrogen-bond acceptors (Lipinski definition) is 5. The van der Waals surface area contributed by atoms with E-state index in [4.69, 9.17) is 4.74 Å². The molecule has 0 aliphatic rings. The normalized spacial score (nSPS) is 12.1. The zero-order valence-corrected chi connectivity index (χ0v) is 16.5. The summed E-state index contributed by atoms with van der Waals surface area (Å²) in [6.45, 7) is 1.88. The average molecular weight is 424 g/mol. The molecule has 0 spiro atoms. The molecule has 0 aliphatic carbocycles. The smallest absolute Gasteiger partial charge is 0.178 e. The molecule has 0 amide bonds. The summed E-state index contributed by atoms with van der Waals surface area (Å²) in [4.78, 5) is 0. The SMILES string of the molecule is COc1ccc(C(Nc2ccc3nnc(C)n3n2)c2ccccc2)cc1Br. The van der Waals surface area contributed by atoms with Crippen LogP contribution in [0.4, 0.5) is 5.82 Å². The summed E-state index contributed by atoms with van der Waals surface area (Å²) in [5, 5.41) is 16.3. The number of hydrogen-bond donors (Lipinski definition) is 1. The predicted octanol–water partition coefficient (Wildman–Crippen LogP) is 4.41. The Hall–Kier alpha value is -2.93. The first-order valence-corrected chi connectivity index (χ1v) is 9.29. The molecule has 1 atom stereocenters. The van der Waals surface area contributed by atoms with Crippen LogP contribution in [-0.2, 0) is 0 Å². The number of anilines is 1. The van der Waals surface area contributed by atoms with E-state index in [0.29, 0.717) is 0 Å². The molecule has 0 fully saturated rings. The molecule has 27 heavy (non-hydrogen) atoms. The van der Waals surface area contributed by atoms with Gasteiger partial charge in [0, 0.05) is 0 Å². The minimum Gasteiger partial charge on any atom is -0.496 e. The molecule has 0 saturated carbocycles. The Balaban J connectivity index is 1.75. The molecule has 0 radical (unpaired) electrons. The highest BCUT2D eigenvalue weighted by Crippen LogP contribution is 2.32. The van der Waals surface area contributed by atoms with E-state index in [-0.39, 0.29) is 6.04 Å². The van der Waals surface area contributed by atoms with Crippen molar-refractivity contribution in [3.05, 3.63) is 82.1 Å². The fourth-order valence-electron chi connectivity index (χ4n) is 2.99. The molecule has 1 unspecified atom stereocenters. The Morgan fingerprint density at radius 3 is 2.56 bits per heavy atom. The first-order valence-electron chi connectivity index (χ1n) is 8.49. The number of nitrogens with zero attached hydrogens (tertiary/aromatic N) is 4. The third-order valence-corrected chi connectivity index (χ3v) is 4.97. The molecule has 0 aliphatic heterocycles. The van der Waals surface area contributed by atoms with Crippen LogP contribution in [0.3, 0.4) is 0 Å². The van der Waals surface area contributed by atoms with E-state index in [0.717, 1.165) is 38.6 Å². The van der Waals surface area contributed by atoms with Crippen LogP contribution in [0.25, 0.3) is 5.65 Å². The van der Waals surface area contributed by atoms with E-state index in [1.807, 2.05) is 43.3 Å². The van der Waals surface area contributed by atoms with Crippen molar-refractivity contribution in [2.75, 3.05) is 12.4 Å². The minimum absolute atomic E-state index is 0.0739. The second-order valence-electron chi connectivity index (χ2n) is 6.12. The summed E-state index contributed by atoms with van der Waals surface area (Å²) in [6, 6.07) is 20.1. The number of aryl methyl sites for hydroxylation is 1. The highest BCUT2D eigenvalue weighted by atomic mass is 79.9. The quantitative estimate of drug-likeness (QED) is 0.515. The standard InChI is InChI=1S/C20H18BrN5O/c1-13-23-24-19-11-10-18(25-26(13)19)22-20(14-6-4-3-5-7-14)15-8-9-17(27-2)16(21)12-15/h3-12,20H,1-2H3,(H,22,25). The van der Waals surface area contributed by atoms with Gasteiger partial charge in [0.1, 0.15) is 11.6 Å². The van der Waals surface area contributed by atoms with Crippen molar-refractivity contribution >= 4 is 27.4 Å². The second kappa shape index (κ2) is 7.36. The van der Waals surface area contributed by atoms with Gasteiger partial charge in [-0.2, -0.15) is 4.52 Å². The Morgan fingerprint density at radius 1 is 1.00 bits per heavy atom. The summed E-state index contributed by atoms with van der Waals surface area (Å²) in [5.74, 6) is 2.29. The van der Waals surface area contributed by atoms with E-state index in [2.05, 4.69) is 60.8 Å². The first-order chi connectivity index (χ1) is 13.2. The number of ether oxygens (including phenoxy) is 1. The van der Waals surface area contributed by atoms with Crippen LogP contribution in [0.1, 0.15) is 23.0 Å². The van der Waals surface area contributed by atoms with Gasteiger partial charge in [0.05, 0.1) is 17.6 Å². The van der Waals surface area contributed by atoms with Gasteiger partial charge in [-0.3, -0.25) is 0 Å². The number of halogens is 1. The monoisotopic (exact) mass is 423 g/mol. The second-order valence-corrected chi connectivity index (χ2v) is 6.97. The molecule has 0 saturated heterocycles. The van der Waals surface area contributed by atoms with Crippen LogP contribution < -0.4 is 10.1 Å². The maximum absolute atomic E-state index is 5.36. The van der Waals surface area contributed by atoms with Crippen LogP contribution in [0.5, 0.6) is 5.75 Å². The first kappa shape index (κ1) is 17.5. The maximum Gasteiger partial charge on any atom is 0.178 e. The highest BCUT2D eigenvalue weighted by molar-refractivity contribution is 9.10. The minimum atomic E-state index is -0.0739. The number of nitrogens with one attached hydrogen (secondary N) is 1. The van der Waals surface area contributed by atoms with Crippen molar-refractivity contribution < 1.29 is 4.74 Å². The molecule has 2 heterocycles. The fraction of sp³-hybridized carbons (Fsp3) is 0.150. The van der Waals surface area contributed by atoms with Gasteiger partial charge < -0.3 is 10.1 Å². The van der Waals surface area contributed by atoms with Crippen molar-refractivity contribution in [3.8, 4) is 5.75 Å². The number of fused-ring (bicyclic) bond motifs is 1. The molecule has 7 heteroatoms. The zero-order valence-electron chi connectivity index (χ0n) is 14.9. The largest absolute Gasteiger partial charge is 0.496 e. The zero-order chi connectivity index (χ0) is 18.8. The van der Waals surface area contributed by atoms with Crippen molar-refractivity contribution in [1.29, 1.82) is 0 Å². The van der Waals surface area contributed by atoms with E-state index < -0.39 is 0 Å².